The van der Waals surface area contributed by atoms with Crippen molar-refractivity contribution in [2.75, 3.05) is 12.1 Å². The van der Waals surface area contributed by atoms with Crippen LogP contribution in [0.5, 0.6) is 0 Å². The molecule has 2 heterocycles. The van der Waals surface area contributed by atoms with E-state index in [2.05, 4.69) is 20.9 Å². The first-order valence-electron chi connectivity index (χ1n) is 12.3. The summed E-state index contributed by atoms with van der Waals surface area (Å²) in [6.45, 7) is -0.231. The number of aliphatic carboxylic acids is 1. The first-order chi connectivity index (χ1) is 17.9. The minimum Gasteiger partial charge on any atom is -0.480 e. The number of rotatable bonds is 9. The first-order valence-corrected chi connectivity index (χ1v) is 12.3. The Morgan fingerprint density at radius 2 is 1.57 bits per heavy atom. The molecule has 1 aliphatic carbocycles. The van der Waals surface area contributed by atoms with Gasteiger partial charge in [0.25, 0.3) is 17.7 Å². The molecule has 2 aromatic rings. The molecule has 11 nitrogen and oxygen atoms in total. The average molecular weight is 511 g/mol. The van der Waals surface area contributed by atoms with Gasteiger partial charge in [-0.25, -0.2) is 4.79 Å². The van der Waals surface area contributed by atoms with Crippen molar-refractivity contribution in [1.82, 2.24) is 15.6 Å². The minimum absolute atomic E-state index is 0.00777. The molecule has 2 aliphatic rings. The second-order valence-electron chi connectivity index (χ2n) is 9.13. The van der Waals surface area contributed by atoms with Gasteiger partial charge in [-0.05, 0) is 42.7 Å². The van der Waals surface area contributed by atoms with Gasteiger partial charge in [0.1, 0.15) is 12.8 Å². The number of aromatic nitrogens is 1. The Morgan fingerprint density at radius 3 is 2.22 bits per heavy atom. The Hall–Kier alpha value is -3.83. The summed E-state index contributed by atoms with van der Waals surface area (Å²) in [5.74, 6) is -2.69. The number of hydrogen-bond donors (Lipinski definition) is 4. The standard InChI is InChI=1S/C26H30N4O7/c31-23(17-10-12-27-13-11-17)28-19-8-6-16(7-9-19)14-20(26(34)35)30-25(33)22-21(36-15-37-22)24(32)29-18-4-2-1-3-5-18/h6-13,18,20-22H,1-5,14-15H2,(H,28,31)(H,29,32)(H,30,33)(H,34,35). The maximum Gasteiger partial charge on any atom is 0.326 e. The van der Waals surface area contributed by atoms with Crippen LogP contribution in [-0.4, -0.2) is 64.9 Å². The molecule has 4 rings (SSSR count). The van der Waals surface area contributed by atoms with Crippen LogP contribution >= 0.6 is 0 Å². The molecule has 1 aliphatic heterocycles. The van der Waals surface area contributed by atoms with Gasteiger partial charge in [-0.3, -0.25) is 19.4 Å². The third-order valence-electron chi connectivity index (χ3n) is 6.45. The molecular formula is C26H30N4O7. The molecule has 0 bridgehead atoms. The van der Waals surface area contributed by atoms with Crippen LogP contribution in [0.3, 0.4) is 0 Å². The Morgan fingerprint density at radius 1 is 0.919 bits per heavy atom. The molecule has 11 heteroatoms. The number of nitrogens with zero attached hydrogens (tertiary/aromatic N) is 1. The Labute approximate surface area is 213 Å². The molecule has 196 valence electrons. The fraction of sp³-hybridized carbons (Fsp3) is 0.423. The summed E-state index contributed by atoms with van der Waals surface area (Å²) in [6, 6.07) is 8.60. The zero-order valence-electron chi connectivity index (χ0n) is 20.2. The van der Waals surface area contributed by atoms with E-state index in [0.29, 0.717) is 16.8 Å². The Bertz CT molecular complexity index is 1100. The van der Waals surface area contributed by atoms with Crippen molar-refractivity contribution in [2.45, 2.75) is 62.8 Å². The van der Waals surface area contributed by atoms with Gasteiger partial charge in [0.15, 0.2) is 12.2 Å². The summed E-state index contributed by atoms with van der Waals surface area (Å²) < 4.78 is 10.7. The van der Waals surface area contributed by atoms with E-state index in [0.717, 1.165) is 32.1 Å². The molecule has 3 amide bonds. The molecule has 1 aromatic heterocycles. The van der Waals surface area contributed by atoms with Crippen molar-refractivity contribution in [3.05, 3.63) is 59.9 Å². The van der Waals surface area contributed by atoms with Gasteiger partial charge in [0.2, 0.25) is 0 Å². The molecule has 1 saturated heterocycles. The lowest BCUT2D eigenvalue weighted by molar-refractivity contribution is -0.144. The monoisotopic (exact) mass is 510 g/mol. The van der Waals surface area contributed by atoms with Crippen LogP contribution in [0.25, 0.3) is 0 Å². The largest absolute Gasteiger partial charge is 0.480 e. The summed E-state index contributed by atoms with van der Waals surface area (Å²) in [4.78, 5) is 53.6. The lowest BCUT2D eigenvalue weighted by Crippen LogP contribution is -2.53. The highest BCUT2D eigenvalue weighted by Crippen LogP contribution is 2.20. The van der Waals surface area contributed by atoms with E-state index in [1.54, 1.807) is 36.4 Å². The highest BCUT2D eigenvalue weighted by atomic mass is 16.7. The van der Waals surface area contributed by atoms with Crippen molar-refractivity contribution in [1.29, 1.82) is 0 Å². The number of amides is 3. The van der Waals surface area contributed by atoms with E-state index in [9.17, 15) is 24.3 Å². The lowest BCUT2D eigenvalue weighted by Gasteiger charge is -2.25. The van der Waals surface area contributed by atoms with Crippen LogP contribution < -0.4 is 16.0 Å². The zero-order valence-corrected chi connectivity index (χ0v) is 20.2. The number of benzene rings is 1. The second-order valence-corrected chi connectivity index (χ2v) is 9.13. The number of carbonyl (C=O) groups is 4. The van der Waals surface area contributed by atoms with Crippen LogP contribution in [0, 0.1) is 0 Å². The number of pyridine rings is 1. The summed E-state index contributed by atoms with van der Waals surface area (Å²) in [7, 11) is 0. The maximum atomic E-state index is 12.9. The van der Waals surface area contributed by atoms with Crippen molar-refractivity contribution in [3.8, 4) is 0 Å². The van der Waals surface area contributed by atoms with Gasteiger partial charge in [0.05, 0.1) is 0 Å². The average Bonchev–Trinajstić information content (AvgIpc) is 3.41. The molecular weight excluding hydrogens is 480 g/mol. The zero-order chi connectivity index (χ0) is 26.2. The molecule has 3 unspecified atom stereocenters. The van der Waals surface area contributed by atoms with Crippen LogP contribution in [0.4, 0.5) is 5.69 Å². The highest BCUT2D eigenvalue weighted by Gasteiger charge is 2.42. The number of anilines is 1. The van der Waals surface area contributed by atoms with Crippen molar-refractivity contribution < 1.29 is 33.8 Å². The topological polar surface area (TPSA) is 156 Å². The lowest BCUT2D eigenvalue weighted by atomic mass is 9.95. The molecule has 1 aromatic carbocycles. The number of ether oxygens (including phenoxy) is 2. The maximum absolute atomic E-state index is 12.9. The van der Waals surface area contributed by atoms with E-state index in [1.165, 1.54) is 12.4 Å². The van der Waals surface area contributed by atoms with E-state index in [1.807, 2.05) is 0 Å². The number of hydrogen-bond acceptors (Lipinski definition) is 7. The predicted molar refractivity (Wildman–Crippen MR) is 132 cm³/mol. The van der Waals surface area contributed by atoms with Crippen LogP contribution in [-0.2, 0) is 30.3 Å². The van der Waals surface area contributed by atoms with Gasteiger partial charge in [-0.15, -0.1) is 0 Å². The van der Waals surface area contributed by atoms with Crippen LogP contribution in [0.1, 0.15) is 48.0 Å². The van der Waals surface area contributed by atoms with Gasteiger partial charge in [-0.2, -0.15) is 0 Å². The third kappa shape index (κ3) is 7.11. The number of carboxylic acid groups (broad SMARTS) is 1. The van der Waals surface area contributed by atoms with Gasteiger partial charge in [-0.1, -0.05) is 31.4 Å². The van der Waals surface area contributed by atoms with E-state index in [-0.39, 0.29) is 25.2 Å². The van der Waals surface area contributed by atoms with Gasteiger partial charge >= 0.3 is 5.97 Å². The summed E-state index contributed by atoms with van der Waals surface area (Å²) in [5, 5.41) is 17.8. The molecule has 0 radical (unpaired) electrons. The van der Waals surface area contributed by atoms with Gasteiger partial charge in [0, 0.05) is 36.1 Å². The van der Waals surface area contributed by atoms with E-state index >= 15 is 0 Å². The van der Waals surface area contributed by atoms with Crippen molar-refractivity contribution in [2.24, 2.45) is 0 Å². The van der Waals surface area contributed by atoms with Crippen LogP contribution in [0.2, 0.25) is 0 Å². The fourth-order valence-corrected chi connectivity index (χ4v) is 4.44. The van der Waals surface area contributed by atoms with Gasteiger partial charge < -0.3 is 30.5 Å². The van der Waals surface area contributed by atoms with Crippen molar-refractivity contribution >= 4 is 29.4 Å². The first kappa shape index (κ1) is 26.2. The van der Waals surface area contributed by atoms with Crippen LogP contribution in [0.15, 0.2) is 48.8 Å². The highest BCUT2D eigenvalue weighted by molar-refractivity contribution is 6.04. The van der Waals surface area contributed by atoms with E-state index in [4.69, 9.17) is 9.47 Å². The smallest absolute Gasteiger partial charge is 0.326 e. The summed E-state index contributed by atoms with van der Waals surface area (Å²) in [5.41, 5.74) is 1.62. The van der Waals surface area contributed by atoms with E-state index < -0.39 is 36.0 Å². The number of carbonyl (C=O) groups excluding carboxylic acids is 3. The number of nitrogens with one attached hydrogen (secondary N) is 3. The van der Waals surface area contributed by atoms with Crippen molar-refractivity contribution in [3.63, 3.8) is 0 Å². The molecule has 2 fully saturated rings. The molecule has 4 N–H and O–H groups in total. The molecule has 1 saturated carbocycles. The molecule has 37 heavy (non-hydrogen) atoms. The summed E-state index contributed by atoms with van der Waals surface area (Å²) >= 11 is 0. The number of carboxylic acids is 1. The summed E-state index contributed by atoms with van der Waals surface area (Å²) in [6.07, 6.45) is 5.62. The normalized spacial score (nSPS) is 20.5. The quantitative estimate of drug-likeness (QED) is 0.397. The fourth-order valence-electron chi connectivity index (χ4n) is 4.44. The molecule has 3 atom stereocenters. The predicted octanol–water partition coefficient (Wildman–Crippen LogP) is 1.64. The Kier molecular flexibility index (Phi) is 8.81. The minimum atomic E-state index is -1.25. The molecule has 0 spiro atoms. The Balaban J connectivity index is 1.33. The SMILES string of the molecule is O=C(Nc1ccc(CC(NC(=O)C2OCOC2C(=O)NC2CCCCC2)C(=O)O)cc1)c1ccncc1. The second kappa shape index (κ2) is 12.4. The third-order valence-corrected chi connectivity index (χ3v) is 6.45.